The highest BCUT2D eigenvalue weighted by Gasteiger charge is 2.05. The molecule has 0 unspecified atom stereocenters. The number of thiazole rings is 1. The van der Waals surface area contributed by atoms with E-state index in [-0.39, 0.29) is 0 Å². The van der Waals surface area contributed by atoms with Crippen LogP contribution in [0.25, 0.3) is 0 Å². The maximum atomic E-state index is 5.80. The largest absolute Gasteiger partial charge is 0.485 e. The summed E-state index contributed by atoms with van der Waals surface area (Å²) in [4.78, 5) is 4.39. The van der Waals surface area contributed by atoms with Crippen molar-refractivity contribution in [2.45, 2.75) is 33.4 Å². The highest BCUT2D eigenvalue weighted by atomic mass is 79.9. The fourth-order valence-electron chi connectivity index (χ4n) is 1.79. The lowest BCUT2D eigenvalue weighted by molar-refractivity contribution is 0.303. The van der Waals surface area contributed by atoms with Crippen LogP contribution in [0.15, 0.2) is 28.1 Å². The number of nitrogens with one attached hydrogen (secondary N) is 1. The monoisotopic (exact) mass is 354 g/mol. The smallest absolute Gasteiger partial charge is 0.140 e. The molecule has 1 aromatic heterocycles. The predicted molar refractivity (Wildman–Crippen MR) is 87.3 cm³/mol. The number of aromatic nitrogens is 1. The topological polar surface area (TPSA) is 34.1 Å². The normalized spacial score (nSPS) is 10.8. The Morgan fingerprint density at radius 3 is 2.90 bits per heavy atom. The van der Waals surface area contributed by atoms with Gasteiger partial charge in [-0.3, -0.25) is 0 Å². The van der Waals surface area contributed by atoms with Crippen molar-refractivity contribution in [3.05, 3.63) is 44.3 Å². The Labute approximate surface area is 132 Å². The lowest BCUT2D eigenvalue weighted by Gasteiger charge is -2.09. The molecule has 0 aliphatic rings. The minimum Gasteiger partial charge on any atom is -0.485 e. The minimum absolute atomic E-state index is 0.518. The molecule has 0 spiro atoms. The summed E-state index contributed by atoms with van der Waals surface area (Å²) in [5.74, 6) is 0.858. The van der Waals surface area contributed by atoms with Crippen molar-refractivity contribution in [2.75, 3.05) is 6.54 Å². The zero-order chi connectivity index (χ0) is 14.4. The summed E-state index contributed by atoms with van der Waals surface area (Å²) in [5.41, 5.74) is 2.30. The standard InChI is InChI=1S/C15H19BrN2OS/c1-3-6-17-8-12-4-5-14(13(16)7-12)19-9-15-18-11(2)10-20-15/h4-5,7,10,17H,3,6,8-9H2,1-2H3. The molecule has 2 aromatic rings. The van der Waals surface area contributed by atoms with E-state index in [2.05, 4.69) is 45.3 Å². The molecule has 0 saturated carbocycles. The fourth-order valence-corrected chi connectivity index (χ4v) is 3.01. The molecule has 1 N–H and O–H groups in total. The first-order valence-electron chi connectivity index (χ1n) is 6.72. The summed E-state index contributed by atoms with van der Waals surface area (Å²) in [7, 11) is 0. The molecular formula is C15H19BrN2OS. The zero-order valence-corrected chi connectivity index (χ0v) is 14.2. The molecule has 2 rings (SSSR count). The van der Waals surface area contributed by atoms with Crippen molar-refractivity contribution in [3.63, 3.8) is 0 Å². The van der Waals surface area contributed by atoms with Gasteiger partial charge in [0, 0.05) is 17.6 Å². The van der Waals surface area contributed by atoms with Gasteiger partial charge in [-0.05, 0) is 53.5 Å². The van der Waals surface area contributed by atoms with Crippen LogP contribution in [0, 0.1) is 6.92 Å². The third-order valence-electron chi connectivity index (χ3n) is 2.77. The van der Waals surface area contributed by atoms with Gasteiger partial charge in [-0.2, -0.15) is 0 Å². The van der Waals surface area contributed by atoms with Crippen molar-refractivity contribution in [2.24, 2.45) is 0 Å². The molecule has 5 heteroatoms. The second-order valence-electron chi connectivity index (χ2n) is 4.61. The minimum atomic E-state index is 0.518. The van der Waals surface area contributed by atoms with Crippen molar-refractivity contribution in [1.29, 1.82) is 0 Å². The zero-order valence-electron chi connectivity index (χ0n) is 11.8. The molecular weight excluding hydrogens is 336 g/mol. The second-order valence-corrected chi connectivity index (χ2v) is 6.41. The second kappa shape index (κ2) is 7.76. The number of rotatable bonds is 7. The highest BCUT2D eigenvalue weighted by molar-refractivity contribution is 9.10. The van der Waals surface area contributed by atoms with Crippen molar-refractivity contribution >= 4 is 27.3 Å². The van der Waals surface area contributed by atoms with E-state index < -0.39 is 0 Å². The molecule has 0 aliphatic carbocycles. The van der Waals surface area contributed by atoms with Crippen LogP contribution in [0.5, 0.6) is 5.75 Å². The molecule has 0 aliphatic heterocycles. The average Bonchev–Trinajstić information content (AvgIpc) is 2.84. The van der Waals surface area contributed by atoms with Gasteiger partial charge >= 0.3 is 0 Å². The number of nitrogens with zero attached hydrogens (tertiary/aromatic N) is 1. The quantitative estimate of drug-likeness (QED) is 0.753. The van der Waals surface area contributed by atoms with Gasteiger partial charge in [0.1, 0.15) is 17.4 Å². The Bertz CT molecular complexity index is 557. The third kappa shape index (κ3) is 4.58. The third-order valence-corrected chi connectivity index (χ3v) is 4.33. The fraction of sp³-hybridized carbons (Fsp3) is 0.400. The van der Waals surface area contributed by atoms with Gasteiger partial charge in [0.15, 0.2) is 0 Å². The number of hydrogen-bond acceptors (Lipinski definition) is 4. The Hall–Kier alpha value is -0.910. The van der Waals surface area contributed by atoms with E-state index in [1.807, 2.05) is 18.4 Å². The molecule has 0 radical (unpaired) electrons. The molecule has 0 fully saturated rings. The molecule has 0 bridgehead atoms. The number of halogens is 1. The lowest BCUT2D eigenvalue weighted by atomic mass is 10.2. The Kier molecular flexibility index (Phi) is 6.01. The number of ether oxygens (including phenoxy) is 1. The van der Waals surface area contributed by atoms with E-state index >= 15 is 0 Å². The van der Waals surface area contributed by atoms with Crippen LogP contribution in [0.1, 0.15) is 29.6 Å². The van der Waals surface area contributed by atoms with Gasteiger partial charge in [-0.15, -0.1) is 11.3 Å². The molecule has 0 atom stereocenters. The first-order valence-corrected chi connectivity index (χ1v) is 8.39. The summed E-state index contributed by atoms with van der Waals surface area (Å²) in [6.07, 6.45) is 1.15. The van der Waals surface area contributed by atoms with Crippen molar-refractivity contribution in [1.82, 2.24) is 10.3 Å². The molecule has 1 heterocycles. The van der Waals surface area contributed by atoms with Crippen LogP contribution in [0.3, 0.4) is 0 Å². The predicted octanol–water partition coefficient (Wildman–Crippen LogP) is 4.29. The van der Waals surface area contributed by atoms with E-state index in [9.17, 15) is 0 Å². The van der Waals surface area contributed by atoms with E-state index in [4.69, 9.17) is 4.74 Å². The molecule has 0 saturated heterocycles. The Morgan fingerprint density at radius 1 is 1.40 bits per heavy atom. The summed E-state index contributed by atoms with van der Waals surface area (Å²) < 4.78 is 6.79. The van der Waals surface area contributed by atoms with E-state index in [0.29, 0.717) is 6.61 Å². The maximum Gasteiger partial charge on any atom is 0.140 e. The Morgan fingerprint density at radius 2 is 2.25 bits per heavy atom. The molecule has 3 nitrogen and oxygen atoms in total. The number of hydrogen-bond donors (Lipinski definition) is 1. The van der Waals surface area contributed by atoms with Gasteiger partial charge < -0.3 is 10.1 Å². The van der Waals surface area contributed by atoms with E-state index in [1.54, 1.807) is 11.3 Å². The first-order chi connectivity index (χ1) is 9.69. The van der Waals surface area contributed by atoms with Crippen LogP contribution in [0.4, 0.5) is 0 Å². The maximum absolute atomic E-state index is 5.80. The number of aryl methyl sites for hydroxylation is 1. The SMILES string of the molecule is CCCNCc1ccc(OCc2nc(C)cs2)c(Br)c1. The van der Waals surface area contributed by atoms with E-state index in [1.165, 1.54) is 5.56 Å². The molecule has 0 amide bonds. The van der Waals surface area contributed by atoms with Gasteiger partial charge in [-0.25, -0.2) is 4.98 Å². The average molecular weight is 355 g/mol. The molecule has 108 valence electrons. The van der Waals surface area contributed by atoms with Crippen molar-refractivity contribution < 1.29 is 4.74 Å². The summed E-state index contributed by atoms with van der Waals surface area (Å²) in [5, 5.41) is 6.43. The number of benzene rings is 1. The van der Waals surface area contributed by atoms with Gasteiger partial charge in [0.2, 0.25) is 0 Å². The van der Waals surface area contributed by atoms with E-state index in [0.717, 1.165) is 40.4 Å². The van der Waals surface area contributed by atoms with Crippen LogP contribution in [-0.4, -0.2) is 11.5 Å². The van der Waals surface area contributed by atoms with Crippen molar-refractivity contribution in [3.8, 4) is 5.75 Å². The molecule has 20 heavy (non-hydrogen) atoms. The molecule has 1 aromatic carbocycles. The first kappa shape index (κ1) is 15.5. The Balaban J connectivity index is 1.92. The van der Waals surface area contributed by atoms with Crippen LogP contribution < -0.4 is 10.1 Å². The van der Waals surface area contributed by atoms with Gasteiger partial charge in [-0.1, -0.05) is 13.0 Å². The van der Waals surface area contributed by atoms with Gasteiger partial charge in [0.25, 0.3) is 0 Å². The summed E-state index contributed by atoms with van der Waals surface area (Å²) >= 11 is 5.20. The van der Waals surface area contributed by atoms with Crippen LogP contribution in [0.2, 0.25) is 0 Å². The van der Waals surface area contributed by atoms with Crippen LogP contribution >= 0.6 is 27.3 Å². The highest BCUT2D eigenvalue weighted by Crippen LogP contribution is 2.27. The summed E-state index contributed by atoms with van der Waals surface area (Å²) in [6, 6.07) is 6.20. The van der Waals surface area contributed by atoms with Crippen LogP contribution in [-0.2, 0) is 13.2 Å². The van der Waals surface area contributed by atoms with Gasteiger partial charge in [0.05, 0.1) is 4.47 Å². The lowest BCUT2D eigenvalue weighted by Crippen LogP contribution is -2.13. The summed E-state index contributed by atoms with van der Waals surface area (Å²) in [6.45, 7) is 6.61.